The molecule has 3 aromatic carbocycles. The van der Waals surface area contributed by atoms with Gasteiger partial charge < -0.3 is 5.32 Å². The van der Waals surface area contributed by atoms with Gasteiger partial charge in [0.25, 0.3) is 5.69 Å². The van der Waals surface area contributed by atoms with Gasteiger partial charge in [0, 0.05) is 28.3 Å². The van der Waals surface area contributed by atoms with E-state index in [1.54, 1.807) is 48.5 Å². The van der Waals surface area contributed by atoms with Crippen LogP contribution in [0.25, 0.3) is 0 Å². The number of rotatable bonds is 6. The molecule has 0 saturated heterocycles. The van der Waals surface area contributed by atoms with E-state index in [0.717, 1.165) is 5.56 Å². The van der Waals surface area contributed by atoms with Crippen LogP contribution in [0.4, 0.5) is 11.4 Å². The Bertz CT molecular complexity index is 1140. The normalized spacial score (nSPS) is 14.0. The van der Waals surface area contributed by atoms with E-state index in [0.29, 0.717) is 34.7 Å². The van der Waals surface area contributed by atoms with Crippen molar-refractivity contribution in [2.75, 3.05) is 5.32 Å². The summed E-state index contributed by atoms with van der Waals surface area (Å²) in [6.07, 6.45) is 1.26. The Morgan fingerprint density at radius 1 is 0.967 bits per heavy atom. The van der Waals surface area contributed by atoms with Gasteiger partial charge in [-0.05, 0) is 36.6 Å². The number of carbonyl (C=O) groups is 2. The van der Waals surface area contributed by atoms with E-state index in [1.807, 2.05) is 6.07 Å². The van der Waals surface area contributed by atoms with Crippen LogP contribution in [0.5, 0.6) is 0 Å². The van der Waals surface area contributed by atoms with Crippen molar-refractivity contribution in [3.63, 3.8) is 0 Å². The summed E-state index contributed by atoms with van der Waals surface area (Å²) >= 11 is 6.10. The fourth-order valence-electron chi connectivity index (χ4n) is 3.47. The molecule has 6 nitrogen and oxygen atoms in total. The van der Waals surface area contributed by atoms with E-state index in [4.69, 9.17) is 11.6 Å². The van der Waals surface area contributed by atoms with Crippen molar-refractivity contribution in [2.24, 2.45) is 0 Å². The molecule has 1 aliphatic rings. The molecule has 4 rings (SSSR count). The maximum atomic E-state index is 13.1. The minimum absolute atomic E-state index is 0.0246. The first-order valence-electron chi connectivity index (χ1n) is 9.36. The SMILES string of the molecule is O=C(c1ccccc1)c1cc(Cl)ccc1NC(=O)C1(c2ccc([N+](=O)[O-])cc2)CC1. The zero-order valence-electron chi connectivity index (χ0n) is 15.8. The molecule has 0 spiro atoms. The van der Waals surface area contributed by atoms with Crippen molar-refractivity contribution in [1.82, 2.24) is 0 Å². The maximum Gasteiger partial charge on any atom is 0.269 e. The summed E-state index contributed by atoms with van der Waals surface area (Å²) in [7, 11) is 0. The number of hydrogen-bond donors (Lipinski definition) is 1. The minimum Gasteiger partial charge on any atom is -0.325 e. The second kappa shape index (κ2) is 7.72. The van der Waals surface area contributed by atoms with Crippen LogP contribution in [0, 0.1) is 10.1 Å². The average Bonchev–Trinajstić information content (AvgIpc) is 3.57. The topological polar surface area (TPSA) is 89.3 Å². The first kappa shape index (κ1) is 19.8. The molecular formula is C23H17ClN2O4. The molecule has 0 heterocycles. The quantitative estimate of drug-likeness (QED) is 0.339. The fourth-order valence-corrected chi connectivity index (χ4v) is 3.65. The summed E-state index contributed by atoms with van der Waals surface area (Å²) in [6.45, 7) is 0. The number of nitrogens with one attached hydrogen (secondary N) is 1. The van der Waals surface area contributed by atoms with E-state index in [-0.39, 0.29) is 17.4 Å². The number of halogens is 1. The molecule has 0 aromatic heterocycles. The van der Waals surface area contributed by atoms with Crippen LogP contribution in [-0.2, 0) is 10.2 Å². The van der Waals surface area contributed by atoms with E-state index in [2.05, 4.69) is 5.32 Å². The molecule has 150 valence electrons. The second-order valence-electron chi connectivity index (χ2n) is 7.23. The Labute approximate surface area is 177 Å². The monoisotopic (exact) mass is 420 g/mol. The van der Waals surface area contributed by atoms with Gasteiger partial charge in [-0.2, -0.15) is 0 Å². The van der Waals surface area contributed by atoms with Gasteiger partial charge in [-0.15, -0.1) is 0 Å². The number of amides is 1. The number of benzene rings is 3. The van der Waals surface area contributed by atoms with E-state index >= 15 is 0 Å². The van der Waals surface area contributed by atoms with Crippen LogP contribution in [0.2, 0.25) is 5.02 Å². The third kappa shape index (κ3) is 3.69. The van der Waals surface area contributed by atoms with Crippen molar-refractivity contribution in [2.45, 2.75) is 18.3 Å². The number of carbonyl (C=O) groups excluding carboxylic acids is 2. The van der Waals surface area contributed by atoms with Gasteiger partial charge in [-0.1, -0.05) is 54.1 Å². The third-order valence-corrected chi connectivity index (χ3v) is 5.56. The van der Waals surface area contributed by atoms with E-state index in [9.17, 15) is 19.7 Å². The minimum atomic E-state index is -0.748. The Kier molecular flexibility index (Phi) is 5.10. The first-order chi connectivity index (χ1) is 14.4. The van der Waals surface area contributed by atoms with Crippen LogP contribution < -0.4 is 5.32 Å². The zero-order chi connectivity index (χ0) is 21.3. The first-order valence-corrected chi connectivity index (χ1v) is 9.74. The lowest BCUT2D eigenvalue weighted by Gasteiger charge is -2.17. The second-order valence-corrected chi connectivity index (χ2v) is 7.66. The van der Waals surface area contributed by atoms with Crippen LogP contribution in [-0.4, -0.2) is 16.6 Å². The summed E-state index contributed by atoms with van der Waals surface area (Å²) in [5, 5.41) is 14.1. The molecule has 3 aromatic rings. The Hall–Kier alpha value is -3.51. The largest absolute Gasteiger partial charge is 0.325 e. The van der Waals surface area contributed by atoms with Crippen LogP contribution in [0.3, 0.4) is 0 Å². The molecular weight excluding hydrogens is 404 g/mol. The Morgan fingerprint density at radius 3 is 2.23 bits per heavy atom. The number of nitro groups is 1. The van der Waals surface area contributed by atoms with Crippen molar-refractivity contribution >= 4 is 34.7 Å². The summed E-state index contributed by atoms with van der Waals surface area (Å²) in [4.78, 5) is 36.5. The molecule has 1 saturated carbocycles. The summed E-state index contributed by atoms with van der Waals surface area (Å²) in [6, 6.07) is 19.6. The van der Waals surface area contributed by atoms with Gasteiger partial charge in [0.05, 0.1) is 16.0 Å². The molecule has 1 amide bonds. The molecule has 0 aliphatic heterocycles. The van der Waals surface area contributed by atoms with Gasteiger partial charge in [-0.25, -0.2) is 0 Å². The van der Waals surface area contributed by atoms with Crippen LogP contribution >= 0.6 is 11.6 Å². The predicted octanol–water partition coefficient (Wildman–Crippen LogP) is 5.15. The number of nitrogens with zero attached hydrogens (tertiary/aromatic N) is 1. The van der Waals surface area contributed by atoms with Crippen molar-refractivity contribution in [3.05, 3.63) is 105 Å². The Balaban J connectivity index is 1.62. The number of ketones is 1. The molecule has 0 unspecified atom stereocenters. The van der Waals surface area contributed by atoms with Gasteiger partial charge in [-0.3, -0.25) is 19.7 Å². The highest BCUT2D eigenvalue weighted by Crippen LogP contribution is 2.49. The summed E-state index contributed by atoms with van der Waals surface area (Å²) in [5.74, 6) is -0.491. The van der Waals surface area contributed by atoms with Crippen LogP contribution in [0.15, 0.2) is 72.8 Å². The molecule has 0 bridgehead atoms. The number of hydrogen-bond acceptors (Lipinski definition) is 4. The molecule has 0 radical (unpaired) electrons. The number of nitro benzene ring substituents is 1. The van der Waals surface area contributed by atoms with Crippen molar-refractivity contribution in [3.8, 4) is 0 Å². The highest BCUT2D eigenvalue weighted by Gasteiger charge is 2.51. The lowest BCUT2D eigenvalue weighted by atomic mass is 9.94. The highest BCUT2D eigenvalue weighted by molar-refractivity contribution is 6.31. The lowest BCUT2D eigenvalue weighted by Crippen LogP contribution is -2.28. The summed E-state index contributed by atoms with van der Waals surface area (Å²) < 4.78 is 0. The average molecular weight is 421 g/mol. The highest BCUT2D eigenvalue weighted by atomic mass is 35.5. The zero-order valence-corrected chi connectivity index (χ0v) is 16.6. The summed E-state index contributed by atoms with van der Waals surface area (Å²) in [5.41, 5.74) is 1.13. The van der Waals surface area contributed by atoms with Crippen LogP contribution in [0.1, 0.15) is 34.3 Å². The van der Waals surface area contributed by atoms with Gasteiger partial charge in [0.1, 0.15) is 0 Å². The van der Waals surface area contributed by atoms with E-state index in [1.165, 1.54) is 18.2 Å². The van der Waals surface area contributed by atoms with Gasteiger partial charge in [0.15, 0.2) is 5.78 Å². The predicted molar refractivity (Wildman–Crippen MR) is 114 cm³/mol. The number of anilines is 1. The molecule has 1 aliphatic carbocycles. The smallest absolute Gasteiger partial charge is 0.269 e. The number of non-ortho nitro benzene ring substituents is 1. The van der Waals surface area contributed by atoms with Gasteiger partial charge in [0.2, 0.25) is 5.91 Å². The molecule has 1 fully saturated rings. The maximum absolute atomic E-state index is 13.1. The molecule has 30 heavy (non-hydrogen) atoms. The fraction of sp³-hybridized carbons (Fsp3) is 0.130. The van der Waals surface area contributed by atoms with Crippen molar-refractivity contribution in [1.29, 1.82) is 0 Å². The van der Waals surface area contributed by atoms with E-state index < -0.39 is 10.3 Å². The molecule has 1 N–H and O–H groups in total. The van der Waals surface area contributed by atoms with Gasteiger partial charge >= 0.3 is 0 Å². The third-order valence-electron chi connectivity index (χ3n) is 5.33. The van der Waals surface area contributed by atoms with Crippen molar-refractivity contribution < 1.29 is 14.5 Å². The molecule has 7 heteroatoms. The standard InChI is InChI=1S/C23H17ClN2O4/c24-17-8-11-20(19(14-17)21(27)15-4-2-1-3-5-15)25-22(28)23(12-13-23)16-6-9-18(10-7-16)26(29)30/h1-11,14H,12-13H2,(H,25,28). The molecule has 0 atom stereocenters. The Morgan fingerprint density at radius 2 is 1.63 bits per heavy atom. The lowest BCUT2D eigenvalue weighted by molar-refractivity contribution is -0.384.